The normalized spacial score (nSPS) is 18.2. The molecule has 5 N–H and O–H groups in total. The van der Waals surface area contributed by atoms with E-state index in [1.165, 1.54) is 23.5 Å². The third-order valence-corrected chi connectivity index (χ3v) is 12.0. The van der Waals surface area contributed by atoms with Gasteiger partial charge in [0.2, 0.25) is 5.56 Å². The number of hydrogen-bond donors (Lipinski definition) is 5. The van der Waals surface area contributed by atoms with E-state index in [-0.39, 0.29) is 42.7 Å². The van der Waals surface area contributed by atoms with Crippen LogP contribution < -0.4 is 20.9 Å². The number of aliphatic hydroxyl groups is 1. The zero-order valence-electron chi connectivity index (χ0n) is 32.3. The van der Waals surface area contributed by atoms with E-state index in [0.717, 1.165) is 59.6 Å². The summed E-state index contributed by atoms with van der Waals surface area (Å²) < 4.78 is 17.7. The highest BCUT2D eigenvalue weighted by molar-refractivity contribution is 7.10. The fourth-order valence-electron chi connectivity index (χ4n) is 7.84. The van der Waals surface area contributed by atoms with Crippen molar-refractivity contribution in [2.24, 2.45) is 5.92 Å². The minimum Gasteiger partial charge on any atom is -0.506 e. The molecule has 3 aliphatic rings. The van der Waals surface area contributed by atoms with E-state index in [2.05, 4.69) is 20.5 Å². The molecule has 3 saturated heterocycles. The standard InChI is InChI=1S/C46H46N4O8S/c51-39-15-13-37(38-14-16-42(53)48-44(38)39)40(52)24-47-23-36-21-30(28-59-36)27-57-45(54)33-11-9-29(10-12-33)26-56-35-8-4-7-34(22-35)43(32-5-2-1-3-6-32)49-46(55)58-41-25-50-19-17-31(41)18-20-50/h1-16,21-22,28,31,40-41,43,47,51-52H,17-20,23-27H2,(H,48,53)(H,49,55)/t40-,41+,43?/m1/s1. The van der Waals surface area contributed by atoms with Crippen LogP contribution in [0.15, 0.2) is 119 Å². The maximum Gasteiger partial charge on any atom is 0.408 e. The molecular formula is C46H46N4O8S. The molecule has 0 radical (unpaired) electrons. The number of carbonyl (C=O) groups is 2. The third-order valence-electron chi connectivity index (χ3n) is 11.0. The van der Waals surface area contributed by atoms with E-state index in [9.17, 15) is 24.6 Å². The summed E-state index contributed by atoms with van der Waals surface area (Å²) in [5.41, 5.74) is 4.50. The molecule has 13 heteroatoms. The van der Waals surface area contributed by atoms with Gasteiger partial charge in [0.25, 0.3) is 0 Å². The van der Waals surface area contributed by atoms with Crippen molar-refractivity contribution >= 4 is 34.3 Å². The first-order valence-electron chi connectivity index (χ1n) is 19.8. The summed E-state index contributed by atoms with van der Waals surface area (Å²) in [6.07, 6.45) is 0.743. The minimum absolute atomic E-state index is 0.0583. The molecular weight excluding hydrogens is 769 g/mol. The Hall–Kier alpha value is -5.99. The summed E-state index contributed by atoms with van der Waals surface area (Å²) in [7, 11) is 0. The summed E-state index contributed by atoms with van der Waals surface area (Å²) in [5, 5.41) is 29.8. The number of fused-ring (bicyclic) bond motifs is 4. The number of esters is 1. The van der Waals surface area contributed by atoms with Crippen LogP contribution in [-0.4, -0.2) is 64.4 Å². The average Bonchev–Trinajstić information content (AvgIpc) is 3.72. The first-order valence-corrected chi connectivity index (χ1v) is 20.7. The fourth-order valence-corrected chi connectivity index (χ4v) is 8.69. The first-order chi connectivity index (χ1) is 28.8. The van der Waals surface area contributed by atoms with Crippen LogP contribution in [0.3, 0.4) is 0 Å². The molecule has 59 heavy (non-hydrogen) atoms. The molecule has 0 saturated carbocycles. The van der Waals surface area contributed by atoms with Crippen molar-refractivity contribution in [2.45, 2.75) is 50.8 Å². The number of nitrogens with one attached hydrogen (secondary N) is 3. The molecule has 304 valence electrons. The number of H-pyrrole nitrogens is 1. The molecule has 3 fully saturated rings. The van der Waals surface area contributed by atoms with E-state index in [4.69, 9.17) is 14.2 Å². The summed E-state index contributed by atoms with van der Waals surface area (Å²) in [4.78, 5) is 43.8. The van der Waals surface area contributed by atoms with Crippen LogP contribution >= 0.6 is 11.3 Å². The van der Waals surface area contributed by atoms with Crippen LogP contribution in [0.25, 0.3) is 10.9 Å². The number of aromatic hydroxyl groups is 1. The number of aromatic amines is 1. The zero-order chi connectivity index (χ0) is 40.7. The summed E-state index contributed by atoms with van der Waals surface area (Å²) in [5.74, 6) is 0.565. The zero-order valence-corrected chi connectivity index (χ0v) is 33.2. The van der Waals surface area contributed by atoms with Gasteiger partial charge in [0, 0.05) is 41.5 Å². The highest BCUT2D eigenvalue weighted by Crippen LogP contribution is 2.32. The number of pyridine rings is 1. The van der Waals surface area contributed by atoms with Crippen molar-refractivity contribution in [1.82, 2.24) is 20.5 Å². The lowest BCUT2D eigenvalue weighted by atomic mass is 9.86. The Morgan fingerprint density at radius 3 is 2.46 bits per heavy atom. The Kier molecular flexibility index (Phi) is 12.3. The second kappa shape index (κ2) is 18.3. The molecule has 1 unspecified atom stereocenters. The molecule has 2 bridgehead atoms. The van der Waals surface area contributed by atoms with Crippen molar-refractivity contribution in [3.8, 4) is 11.5 Å². The summed E-state index contributed by atoms with van der Waals surface area (Å²) in [6, 6.07) is 32.2. The molecule has 12 nitrogen and oxygen atoms in total. The van der Waals surface area contributed by atoms with Gasteiger partial charge in [-0.2, -0.15) is 0 Å². The van der Waals surface area contributed by atoms with E-state index in [1.807, 2.05) is 78.2 Å². The molecule has 1 amide bonds. The lowest BCUT2D eigenvalue weighted by molar-refractivity contribution is -0.0336. The Morgan fingerprint density at radius 2 is 1.68 bits per heavy atom. The number of amides is 1. The molecule has 0 spiro atoms. The van der Waals surface area contributed by atoms with Crippen molar-refractivity contribution in [3.63, 3.8) is 0 Å². The average molecular weight is 815 g/mol. The maximum atomic E-state index is 13.2. The van der Waals surface area contributed by atoms with Gasteiger partial charge in [-0.25, -0.2) is 9.59 Å². The predicted molar refractivity (Wildman–Crippen MR) is 224 cm³/mol. The number of piperidine rings is 3. The largest absolute Gasteiger partial charge is 0.506 e. The van der Waals surface area contributed by atoms with E-state index in [0.29, 0.717) is 34.7 Å². The number of alkyl carbamates (subject to hydrolysis) is 1. The number of thiophene rings is 1. The molecule has 4 aromatic carbocycles. The van der Waals surface area contributed by atoms with E-state index >= 15 is 0 Å². The van der Waals surface area contributed by atoms with E-state index in [1.54, 1.807) is 24.3 Å². The van der Waals surface area contributed by atoms with Gasteiger partial charge in [0.15, 0.2) is 0 Å². The molecule has 9 rings (SSSR count). The SMILES string of the molecule is O=C(NC(c1ccccc1)c1cccc(OCc2ccc(C(=O)OCc3csc(CNC[C@@H](O)c4ccc(O)c5[nH]c(=O)ccc45)c3)cc2)c1)O[C@H]1CN2CCC1CC2. The summed E-state index contributed by atoms with van der Waals surface area (Å²) in [6.45, 7) is 4.08. The second-order valence-electron chi connectivity index (χ2n) is 15.1. The van der Waals surface area contributed by atoms with Crippen molar-refractivity contribution in [1.29, 1.82) is 0 Å². The molecule has 3 atom stereocenters. The molecule has 2 aromatic heterocycles. The van der Waals surface area contributed by atoms with Crippen LogP contribution in [0, 0.1) is 5.92 Å². The predicted octanol–water partition coefficient (Wildman–Crippen LogP) is 6.96. The highest BCUT2D eigenvalue weighted by Gasteiger charge is 2.37. The quantitative estimate of drug-likeness (QED) is 0.0686. The number of phenolic OH excluding ortho intramolecular Hbond substituents is 1. The lowest BCUT2D eigenvalue weighted by Gasteiger charge is -2.43. The van der Waals surface area contributed by atoms with Crippen LogP contribution in [0.4, 0.5) is 4.79 Å². The molecule has 3 aliphatic heterocycles. The summed E-state index contributed by atoms with van der Waals surface area (Å²) >= 11 is 1.52. The van der Waals surface area contributed by atoms with Crippen molar-refractivity contribution < 1.29 is 34.0 Å². The molecule has 5 heterocycles. The van der Waals surface area contributed by atoms with Gasteiger partial charge in [-0.3, -0.25) is 9.69 Å². The second-order valence-corrected chi connectivity index (χ2v) is 16.1. The third kappa shape index (κ3) is 9.83. The van der Waals surface area contributed by atoms with Gasteiger partial charge in [-0.15, -0.1) is 11.3 Å². The molecule has 6 aromatic rings. The van der Waals surface area contributed by atoms with Crippen LogP contribution in [0.1, 0.15) is 68.0 Å². The van der Waals surface area contributed by atoms with Crippen LogP contribution in [0.5, 0.6) is 11.5 Å². The number of aliphatic hydroxyl groups excluding tert-OH is 1. The Labute approximate surface area is 345 Å². The van der Waals surface area contributed by atoms with Gasteiger partial charge in [-0.05, 0) is 102 Å². The monoisotopic (exact) mass is 814 g/mol. The maximum absolute atomic E-state index is 13.2. The molecule has 0 aliphatic carbocycles. The number of ether oxygens (including phenoxy) is 3. The smallest absolute Gasteiger partial charge is 0.408 e. The van der Waals surface area contributed by atoms with Gasteiger partial charge >= 0.3 is 12.1 Å². The fraction of sp³-hybridized carbons (Fsp3) is 0.283. The highest BCUT2D eigenvalue weighted by atomic mass is 32.1. The Balaban J connectivity index is 0.806. The first kappa shape index (κ1) is 39.8. The van der Waals surface area contributed by atoms with E-state index < -0.39 is 24.2 Å². The van der Waals surface area contributed by atoms with Crippen molar-refractivity contribution in [2.75, 3.05) is 26.2 Å². The van der Waals surface area contributed by atoms with Crippen molar-refractivity contribution in [3.05, 3.63) is 163 Å². The van der Waals surface area contributed by atoms with Crippen LogP contribution in [-0.2, 0) is 29.2 Å². The number of carbonyl (C=O) groups excluding carboxylic acids is 2. The number of phenols is 1. The van der Waals surface area contributed by atoms with Gasteiger partial charge in [0.05, 0.1) is 23.2 Å². The van der Waals surface area contributed by atoms with Crippen LogP contribution in [0.2, 0.25) is 0 Å². The lowest BCUT2D eigenvalue weighted by Crippen LogP contribution is -2.52. The number of rotatable bonds is 15. The Morgan fingerprint density at radius 1 is 0.881 bits per heavy atom. The Bertz CT molecular complexity index is 2450. The number of nitrogens with zero attached hydrogens (tertiary/aromatic N) is 1. The topological polar surface area (TPSA) is 162 Å². The van der Waals surface area contributed by atoms with Gasteiger partial charge in [-0.1, -0.05) is 60.7 Å². The van der Waals surface area contributed by atoms with Gasteiger partial charge in [0.1, 0.15) is 30.8 Å². The number of aromatic nitrogens is 1. The minimum atomic E-state index is -0.869. The number of hydrogen-bond acceptors (Lipinski definition) is 11. The number of benzene rings is 4. The van der Waals surface area contributed by atoms with Gasteiger partial charge < -0.3 is 40.0 Å².